The van der Waals surface area contributed by atoms with Gasteiger partial charge in [-0.3, -0.25) is 4.79 Å². The molecule has 0 fully saturated rings. The highest BCUT2D eigenvalue weighted by Gasteiger charge is 2.13. The van der Waals surface area contributed by atoms with Gasteiger partial charge in [-0.1, -0.05) is 11.6 Å². The summed E-state index contributed by atoms with van der Waals surface area (Å²) in [4.78, 5) is 23.0. The first-order chi connectivity index (χ1) is 9.88. The lowest BCUT2D eigenvalue weighted by atomic mass is 10.1. The number of halogens is 2. The summed E-state index contributed by atoms with van der Waals surface area (Å²) in [6.45, 7) is 0. The van der Waals surface area contributed by atoms with Gasteiger partial charge < -0.3 is 16.2 Å². The van der Waals surface area contributed by atoms with Crippen LogP contribution < -0.4 is 11.1 Å². The van der Waals surface area contributed by atoms with Crippen LogP contribution in [-0.4, -0.2) is 17.0 Å². The zero-order valence-electron chi connectivity index (χ0n) is 10.6. The lowest BCUT2D eigenvalue weighted by Gasteiger charge is -2.09. The highest BCUT2D eigenvalue weighted by atomic mass is 35.5. The fourth-order valence-corrected chi connectivity index (χ4v) is 1.90. The Kier molecular flexibility index (Phi) is 4.09. The highest BCUT2D eigenvalue weighted by molar-refractivity contribution is 6.33. The van der Waals surface area contributed by atoms with Crippen LogP contribution in [0, 0.1) is 5.82 Å². The van der Waals surface area contributed by atoms with Crippen LogP contribution in [0.5, 0.6) is 0 Å². The molecule has 0 saturated heterocycles. The number of benzene rings is 2. The van der Waals surface area contributed by atoms with Gasteiger partial charge in [-0.2, -0.15) is 0 Å². The minimum absolute atomic E-state index is 0.0140. The van der Waals surface area contributed by atoms with Gasteiger partial charge in [-0.25, -0.2) is 9.18 Å². The van der Waals surface area contributed by atoms with Crippen LogP contribution in [-0.2, 0) is 0 Å². The number of rotatable bonds is 3. The number of anilines is 2. The van der Waals surface area contributed by atoms with Crippen molar-refractivity contribution in [3.63, 3.8) is 0 Å². The summed E-state index contributed by atoms with van der Waals surface area (Å²) in [5, 5.41) is 11.5. The molecule has 4 N–H and O–H groups in total. The van der Waals surface area contributed by atoms with E-state index in [0.29, 0.717) is 0 Å². The van der Waals surface area contributed by atoms with Crippen molar-refractivity contribution in [2.24, 2.45) is 0 Å². The van der Waals surface area contributed by atoms with E-state index in [9.17, 15) is 14.0 Å². The fraction of sp³-hybridized carbons (Fsp3) is 0. The Labute approximate surface area is 124 Å². The maximum Gasteiger partial charge on any atom is 0.337 e. The van der Waals surface area contributed by atoms with Gasteiger partial charge in [-0.15, -0.1) is 0 Å². The van der Waals surface area contributed by atoms with E-state index in [2.05, 4.69) is 5.32 Å². The summed E-state index contributed by atoms with van der Waals surface area (Å²) in [5.41, 5.74) is 5.74. The maximum atomic E-state index is 12.9. The number of carboxylic acids is 1. The molecule has 1 amide bonds. The molecule has 0 atom stereocenters. The van der Waals surface area contributed by atoms with E-state index in [1.54, 1.807) is 0 Å². The number of carboxylic acid groups (broad SMARTS) is 1. The summed E-state index contributed by atoms with van der Waals surface area (Å²) in [6.07, 6.45) is 0. The van der Waals surface area contributed by atoms with Gasteiger partial charge in [-0.05, 0) is 36.4 Å². The van der Waals surface area contributed by atoms with Gasteiger partial charge in [0.2, 0.25) is 0 Å². The number of hydrogen-bond donors (Lipinski definition) is 3. The van der Waals surface area contributed by atoms with Gasteiger partial charge in [0.15, 0.2) is 0 Å². The fourth-order valence-electron chi connectivity index (χ4n) is 1.71. The lowest BCUT2D eigenvalue weighted by molar-refractivity contribution is 0.0696. The topological polar surface area (TPSA) is 92.4 Å². The molecular weight excluding hydrogens is 299 g/mol. The Morgan fingerprint density at radius 2 is 1.86 bits per heavy atom. The van der Waals surface area contributed by atoms with E-state index in [0.717, 1.165) is 12.1 Å². The molecule has 0 aliphatic heterocycles. The quantitative estimate of drug-likeness (QED) is 0.760. The minimum Gasteiger partial charge on any atom is -0.478 e. The molecule has 0 heterocycles. The van der Waals surface area contributed by atoms with E-state index in [1.807, 2.05) is 0 Å². The normalized spacial score (nSPS) is 10.2. The Balaban J connectivity index is 2.27. The molecule has 7 heteroatoms. The van der Waals surface area contributed by atoms with Gasteiger partial charge in [0.25, 0.3) is 5.91 Å². The molecule has 0 spiro atoms. The van der Waals surface area contributed by atoms with Gasteiger partial charge >= 0.3 is 5.97 Å². The lowest BCUT2D eigenvalue weighted by Crippen LogP contribution is -2.14. The molecule has 0 saturated carbocycles. The number of hydrogen-bond acceptors (Lipinski definition) is 3. The second-order valence-electron chi connectivity index (χ2n) is 4.19. The van der Waals surface area contributed by atoms with Crippen molar-refractivity contribution in [1.82, 2.24) is 0 Å². The van der Waals surface area contributed by atoms with Crippen LogP contribution >= 0.6 is 11.6 Å². The minimum atomic E-state index is -1.21. The number of carbonyl (C=O) groups excluding carboxylic acids is 1. The molecule has 108 valence electrons. The first-order valence-corrected chi connectivity index (χ1v) is 6.15. The van der Waals surface area contributed by atoms with Crippen molar-refractivity contribution < 1.29 is 19.1 Å². The molecule has 0 radical (unpaired) electrons. The summed E-state index contributed by atoms with van der Waals surface area (Å²) in [5.74, 6) is -2.34. The summed E-state index contributed by atoms with van der Waals surface area (Å²) >= 11 is 5.73. The van der Waals surface area contributed by atoms with Crippen molar-refractivity contribution in [3.05, 3.63) is 58.4 Å². The van der Waals surface area contributed by atoms with Crippen molar-refractivity contribution in [2.45, 2.75) is 0 Å². The number of nitrogens with two attached hydrogens (primary N) is 1. The molecule has 0 unspecified atom stereocenters. The first-order valence-electron chi connectivity index (χ1n) is 5.77. The molecule has 21 heavy (non-hydrogen) atoms. The van der Waals surface area contributed by atoms with Gasteiger partial charge in [0, 0.05) is 11.4 Å². The third-order valence-corrected chi connectivity index (χ3v) is 3.04. The van der Waals surface area contributed by atoms with Crippen LogP contribution in [0.4, 0.5) is 15.8 Å². The number of carbonyl (C=O) groups is 2. The zero-order chi connectivity index (χ0) is 15.6. The average Bonchev–Trinajstić information content (AvgIpc) is 2.40. The highest BCUT2D eigenvalue weighted by Crippen LogP contribution is 2.22. The first kappa shape index (κ1) is 14.8. The molecule has 0 bridgehead atoms. The van der Waals surface area contributed by atoms with E-state index < -0.39 is 17.7 Å². The SMILES string of the molecule is Nc1cc(F)ccc1C(=O)Nc1ccc(Cl)c(C(=O)O)c1. The summed E-state index contributed by atoms with van der Waals surface area (Å²) in [7, 11) is 0. The van der Waals surface area contributed by atoms with Crippen molar-refractivity contribution in [1.29, 1.82) is 0 Å². The maximum absolute atomic E-state index is 12.9. The van der Waals surface area contributed by atoms with Crippen LogP contribution in [0.3, 0.4) is 0 Å². The summed E-state index contributed by atoms with van der Waals surface area (Å²) < 4.78 is 12.9. The third-order valence-electron chi connectivity index (χ3n) is 2.71. The molecule has 2 aromatic rings. The van der Waals surface area contributed by atoms with E-state index >= 15 is 0 Å². The van der Waals surface area contributed by atoms with Gasteiger partial charge in [0.05, 0.1) is 16.1 Å². The van der Waals surface area contributed by atoms with Gasteiger partial charge in [0.1, 0.15) is 5.82 Å². The smallest absolute Gasteiger partial charge is 0.337 e. The molecule has 0 aliphatic rings. The molecule has 0 aromatic heterocycles. The predicted molar refractivity (Wildman–Crippen MR) is 77.2 cm³/mol. The number of aromatic carboxylic acids is 1. The Hall–Kier alpha value is -2.60. The Bertz CT molecular complexity index is 734. The van der Waals surface area contributed by atoms with E-state index in [4.69, 9.17) is 22.4 Å². The van der Waals surface area contributed by atoms with Crippen molar-refractivity contribution in [3.8, 4) is 0 Å². The molecule has 0 aliphatic carbocycles. The zero-order valence-corrected chi connectivity index (χ0v) is 11.3. The van der Waals surface area contributed by atoms with E-state index in [-0.39, 0.29) is 27.5 Å². The molecular formula is C14H10ClFN2O3. The van der Waals surface area contributed by atoms with Crippen LogP contribution in [0.1, 0.15) is 20.7 Å². The van der Waals surface area contributed by atoms with Crippen LogP contribution in [0.25, 0.3) is 0 Å². The number of nitrogen functional groups attached to an aromatic ring is 1. The second kappa shape index (κ2) is 5.80. The molecule has 2 rings (SSSR count). The third kappa shape index (κ3) is 3.29. The average molecular weight is 309 g/mol. The Morgan fingerprint density at radius 3 is 2.48 bits per heavy atom. The monoisotopic (exact) mass is 308 g/mol. The Morgan fingerprint density at radius 1 is 1.14 bits per heavy atom. The van der Waals surface area contributed by atoms with Crippen molar-refractivity contribution >= 4 is 34.9 Å². The molecule has 5 nitrogen and oxygen atoms in total. The number of amides is 1. The predicted octanol–water partition coefficient (Wildman–Crippen LogP) is 3.01. The largest absolute Gasteiger partial charge is 0.478 e. The van der Waals surface area contributed by atoms with E-state index in [1.165, 1.54) is 24.3 Å². The standard InChI is InChI=1S/C14H10ClFN2O3/c15-11-4-2-8(6-10(11)14(20)21)18-13(19)9-3-1-7(16)5-12(9)17/h1-6H,17H2,(H,18,19)(H,20,21). The number of nitrogens with one attached hydrogen (secondary N) is 1. The van der Waals surface area contributed by atoms with Crippen LogP contribution in [0.2, 0.25) is 5.02 Å². The van der Waals surface area contributed by atoms with Crippen LogP contribution in [0.15, 0.2) is 36.4 Å². The second-order valence-corrected chi connectivity index (χ2v) is 4.59. The van der Waals surface area contributed by atoms with Crippen molar-refractivity contribution in [2.75, 3.05) is 11.1 Å². The summed E-state index contributed by atoms with van der Waals surface area (Å²) in [6, 6.07) is 7.41. The molecule has 2 aromatic carbocycles.